The molecule has 0 aliphatic heterocycles. The van der Waals surface area contributed by atoms with Crippen LogP contribution in [-0.4, -0.2) is 17.0 Å². The molecule has 1 amide bonds. The highest BCUT2D eigenvalue weighted by molar-refractivity contribution is 6.30. The van der Waals surface area contributed by atoms with Crippen molar-refractivity contribution < 1.29 is 14.7 Å². The van der Waals surface area contributed by atoms with E-state index in [2.05, 4.69) is 5.32 Å². The molecule has 0 atom stereocenters. The Morgan fingerprint density at radius 2 is 1.58 bits per heavy atom. The summed E-state index contributed by atoms with van der Waals surface area (Å²) < 4.78 is 0. The highest BCUT2D eigenvalue weighted by Gasteiger charge is 2.24. The first-order chi connectivity index (χ1) is 12.5. The number of carbonyl (C=O) groups is 2. The van der Waals surface area contributed by atoms with E-state index in [0.29, 0.717) is 28.8 Å². The molecule has 0 unspecified atom stereocenters. The first kappa shape index (κ1) is 18.5. The van der Waals surface area contributed by atoms with E-state index in [1.807, 2.05) is 12.1 Å². The number of rotatable bonds is 5. The number of amides is 1. The van der Waals surface area contributed by atoms with Gasteiger partial charge in [0.05, 0.1) is 5.56 Å². The van der Waals surface area contributed by atoms with Crippen molar-refractivity contribution in [1.82, 2.24) is 0 Å². The predicted octanol–water partition coefficient (Wildman–Crippen LogP) is 5.34. The smallest absolute Gasteiger partial charge is 0.335 e. The summed E-state index contributed by atoms with van der Waals surface area (Å²) in [7, 11) is 0. The molecule has 1 saturated carbocycles. The molecule has 1 fully saturated rings. The van der Waals surface area contributed by atoms with Crippen LogP contribution in [-0.2, 0) is 4.79 Å². The van der Waals surface area contributed by atoms with Gasteiger partial charge in [-0.3, -0.25) is 4.79 Å². The van der Waals surface area contributed by atoms with Gasteiger partial charge in [0.25, 0.3) is 0 Å². The Morgan fingerprint density at radius 3 is 2.15 bits per heavy atom. The molecule has 136 valence electrons. The Balaban J connectivity index is 1.48. The van der Waals surface area contributed by atoms with Crippen LogP contribution in [0.1, 0.15) is 53.9 Å². The lowest BCUT2D eigenvalue weighted by Gasteiger charge is -2.28. The minimum atomic E-state index is -0.896. The minimum Gasteiger partial charge on any atom is -0.478 e. The molecular weight excluding hydrogens is 350 g/mol. The number of nitrogens with one attached hydrogen (secondary N) is 1. The van der Waals surface area contributed by atoms with Crippen molar-refractivity contribution in [3.8, 4) is 0 Å². The third kappa shape index (κ3) is 4.85. The standard InChI is InChI=1S/C21H22ClNO3/c22-18-9-11-19(12-10-18)23-20(24)13-14-1-3-15(4-2-14)16-5-7-17(8-6-16)21(25)26/h5-12,14-15H,1-4,13H2,(H,23,24)(H,25,26). The fourth-order valence-corrected chi connectivity index (χ4v) is 3.73. The average Bonchev–Trinajstić information content (AvgIpc) is 2.64. The maximum atomic E-state index is 12.2. The van der Waals surface area contributed by atoms with Gasteiger partial charge in [-0.25, -0.2) is 4.79 Å². The summed E-state index contributed by atoms with van der Waals surface area (Å²) in [5, 5.41) is 12.6. The number of halogens is 1. The number of anilines is 1. The van der Waals surface area contributed by atoms with Crippen LogP contribution in [0.4, 0.5) is 5.69 Å². The molecule has 2 aromatic carbocycles. The molecular formula is C21H22ClNO3. The summed E-state index contributed by atoms with van der Waals surface area (Å²) in [6.45, 7) is 0. The van der Waals surface area contributed by atoms with Crippen molar-refractivity contribution in [2.24, 2.45) is 5.92 Å². The maximum absolute atomic E-state index is 12.2. The first-order valence-electron chi connectivity index (χ1n) is 8.90. The zero-order chi connectivity index (χ0) is 18.5. The normalized spacial score (nSPS) is 19.7. The van der Waals surface area contributed by atoms with Crippen LogP contribution in [0.3, 0.4) is 0 Å². The van der Waals surface area contributed by atoms with E-state index in [-0.39, 0.29) is 5.91 Å². The second kappa shape index (κ2) is 8.37. The fourth-order valence-electron chi connectivity index (χ4n) is 3.61. The van der Waals surface area contributed by atoms with E-state index in [4.69, 9.17) is 16.7 Å². The SMILES string of the molecule is O=C(CC1CCC(c2ccc(C(=O)O)cc2)CC1)Nc1ccc(Cl)cc1. The minimum absolute atomic E-state index is 0.0431. The summed E-state index contributed by atoms with van der Waals surface area (Å²) in [6.07, 6.45) is 4.63. The zero-order valence-corrected chi connectivity index (χ0v) is 15.2. The van der Waals surface area contributed by atoms with Crippen LogP contribution in [0.5, 0.6) is 0 Å². The molecule has 0 bridgehead atoms. The number of hydrogen-bond donors (Lipinski definition) is 2. The Labute approximate surface area is 158 Å². The topological polar surface area (TPSA) is 66.4 Å². The Bertz CT molecular complexity index is 763. The highest BCUT2D eigenvalue weighted by Crippen LogP contribution is 2.37. The van der Waals surface area contributed by atoms with E-state index in [9.17, 15) is 9.59 Å². The fraction of sp³-hybridized carbons (Fsp3) is 0.333. The van der Waals surface area contributed by atoms with Crippen molar-refractivity contribution in [2.45, 2.75) is 38.0 Å². The molecule has 1 aliphatic carbocycles. The third-order valence-corrected chi connectivity index (χ3v) is 5.33. The molecule has 1 aliphatic rings. The van der Waals surface area contributed by atoms with Gasteiger partial charge in [0.2, 0.25) is 5.91 Å². The molecule has 0 aromatic heterocycles. The molecule has 0 heterocycles. The van der Waals surface area contributed by atoms with Crippen molar-refractivity contribution >= 4 is 29.2 Å². The van der Waals surface area contributed by atoms with Crippen molar-refractivity contribution in [3.05, 3.63) is 64.7 Å². The van der Waals surface area contributed by atoms with Crippen LogP contribution >= 0.6 is 11.6 Å². The number of carboxylic acid groups (broad SMARTS) is 1. The molecule has 3 rings (SSSR count). The molecule has 26 heavy (non-hydrogen) atoms. The average molecular weight is 372 g/mol. The van der Waals surface area contributed by atoms with Gasteiger partial charge in [-0.05, 0) is 79.5 Å². The summed E-state index contributed by atoms with van der Waals surface area (Å²) in [4.78, 5) is 23.2. The van der Waals surface area contributed by atoms with Crippen molar-refractivity contribution in [1.29, 1.82) is 0 Å². The van der Waals surface area contributed by atoms with Gasteiger partial charge in [-0.1, -0.05) is 23.7 Å². The monoisotopic (exact) mass is 371 g/mol. The maximum Gasteiger partial charge on any atom is 0.335 e. The molecule has 2 N–H and O–H groups in total. The molecule has 5 heteroatoms. The summed E-state index contributed by atoms with van der Waals surface area (Å²) in [5.41, 5.74) is 2.28. The molecule has 2 aromatic rings. The van der Waals surface area contributed by atoms with Crippen LogP contribution in [0.2, 0.25) is 5.02 Å². The summed E-state index contributed by atoms with van der Waals surface area (Å²) >= 11 is 5.85. The third-order valence-electron chi connectivity index (χ3n) is 5.08. The second-order valence-electron chi connectivity index (χ2n) is 6.90. The van der Waals surface area contributed by atoms with Crippen molar-refractivity contribution in [3.63, 3.8) is 0 Å². The quantitative estimate of drug-likeness (QED) is 0.745. The van der Waals surface area contributed by atoms with Gasteiger partial charge in [0.15, 0.2) is 0 Å². The van der Waals surface area contributed by atoms with Crippen LogP contribution in [0.15, 0.2) is 48.5 Å². The van der Waals surface area contributed by atoms with Crippen LogP contribution < -0.4 is 5.32 Å². The molecule has 4 nitrogen and oxygen atoms in total. The second-order valence-corrected chi connectivity index (χ2v) is 7.34. The Kier molecular flexibility index (Phi) is 5.94. The molecule has 0 spiro atoms. The van der Waals surface area contributed by atoms with Gasteiger partial charge in [0, 0.05) is 17.1 Å². The number of carboxylic acids is 1. The number of benzene rings is 2. The largest absolute Gasteiger partial charge is 0.478 e. The van der Waals surface area contributed by atoms with Crippen LogP contribution in [0.25, 0.3) is 0 Å². The number of carbonyl (C=O) groups excluding carboxylic acids is 1. The Hall–Kier alpha value is -2.33. The van der Waals surface area contributed by atoms with E-state index < -0.39 is 5.97 Å². The van der Waals surface area contributed by atoms with E-state index in [0.717, 1.165) is 31.4 Å². The van der Waals surface area contributed by atoms with E-state index >= 15 is 0 Å². The van der Waals surface area contributed by atoms with Gasteiger partial charge in [0.1, 0.15) is 0 Å². The van der Waals surface area contributed by atoms with Crippen LogP contribution in [0, 0.1) is 5.92 Å². The molecule has 0 saturated heterocycles. The lowest BCUT2D eigenvalue weighted by atomic mass is 9.77. The van der Waals surface area contributed by atoms with Gasteiger partial charge in [-0.2, -0.15) is 0 Å². The van der Waals surface area contributed by atoms with E-state index in [1.165, 1.54) is 5.56 Å². The van der Waals surface area contributed by atoms with Gasteiger partial charge >= 0.3 is 5.97 Å². The number of aromatic carboxylic acids is 1. The highest BCUT2D eigenvalue weighted by atomic mass is 35.5. The van der Waals surface area contributed by atoms with Gasteiger partial charge < -0.3 is 10.4 Å². The first-order valence-corrected chi connectivity index (χ1v) is 9.28. The Morgan fingerprint density at radius 1 is 0.962 bits per heavy atom. The van der Waals surface area contributed by atoms with E-state index in [1.54, 1.807) is 36.4 Å². The summed E-state index contributed by atoms with van der Waals surface area (Å²) in [5.74, 6) is -0.00111. The van der Waals surface area contributed by atoms with Gasteiger partial charge in [-0.15, -0.1) is 0 Å². The lowest BCUT2D eigenvalue weighted by Crippen LogP contribution is -2.20. The predicted molar refractivity (Wildman–Crippen MR) is 103 cm³/mol. The number of hydrogen-bond acceptors (Lipinski definition) is 2. The lowest BCUT2D eigenvalue weighted by molar-refractivity contribution is -0.117. The molecule has 0 radical (unpaired) electrons. The zero-order valence-electron chi connectivity index (χ0n) is 14.5. The summed E-state index contributed by atoms with van der Waals surface area (Å²) in [6, 6.07) is 14.3. The van der Waals surface area contributed by atoms with Crippen molar-refractivity contribution in [2.75, 3.05) is 5.32 Å².